The predicted octanol–water partition coefficient (Wildman–Crippen LogP) is 2.82. The van der Waals surface area contributed by atoms with Crippen molar-refractivity contribution in [1.29, 1.82) is 0 Å². The van der Waals surface area contributed by atoms with Gasteiger partial charge in [0.2, 0.25) is 0 Å². The van der Waals surface area contributed by atoms with E-state index in [1.165, 1.54) is 12.8 Å². The van der Waals surface area contributed by atoms with Crippen molar-refractivity contribution in [2.24, 2.45) is 10.4 Å². The van der Waals surface area contributed by atoms with Crippen molar-refractivity contribution < 1.29 is 0 Å². The number of hydrogen-bond donors (Lipinski definition) is 2. The fraction of sp³-hybridized carbons (Fsp3) is 1.00. The van der Waals surface area contributed by atoms with E-state index in [0.29, 0.717) is 13.1 Å². The molecule has 0 rings (SSSR count). The number of nitroso groups, excluding NO2 is 2. The molecule has 0 aromatic heterocycles. The molecule has 0 aromatic rings. The van der Waals surface area contributed by atoms with Gasteiger partial charge in [-0.15, -0.1) is 0 Å². The van der Waals surface area contributed by atoms with Crippen LogP contribution in [0.1, 0.15) is 53.4 Å². The second kappa shape index (κ2) is 9.94. The summed E-state index contributed by atoms with van der Waals surface area (Å²) in [5.74, 6) is 0. The zero-order chi connectivity index (χ0) is 15.5. The fourth-order valence-corrected chi connectivity index (χ4v) is 1.71. The van der Waals surface area contributed by atoms with Crippen molar-refractivity contribution in [1.82, 2.24) is 10.6 Å². The molecule has 2 N–H and O–H groups in total. The van der Waals surface area contributed by atoms with Crippen LogP contribution in [0.25, 0.3) is 0 Å². The Labute approximate surface area is 122 Å². The van der Waals surface area contributed by atoms with Crippen LogP contribution in [0.15, 0.2) is 10.4 Å². The monoisotopic (exact) mass is 286 g/mol. The van der Waals surface area contributed by atoms with Crippen molar-refractivity contribution in [2.75, 3.05) is 26.2 Å². The van der Waals surface area contributed by atoms with Crippen LogP contribution < -0.4 is 10.6 Å². The summed E-state index contributed by atoms with van der Waals surface area (Å²) in [4.78, 5) is 20.9. The number of unbranched alkanes of at least 4 members (excludes halogenated alkanes) is 3. The molecule has 0 spiro atoms. The zero-order valence-electron chi connectivity index (χ0n) is 13.4. The van der Waals surface area contributed by atoms with Gasteiger partial charge in [0.15, 0.2) is 0 Å². The molecule has 0 saturated heterocycles. The highest BCUT2D eigenvalue weighted by atomic mass is 16.3. The maximum Gasteiger partial charge on any atom is 0.109 e. The summed E-state index contributed by atoms with van der Waals surface area (Å²) in [5, 5.41) is 12.6. The van der Waals surface area contributed by atoms with Gasteiger partial charge in [0, 0.05) is 13.1 Å². The molecule has 0 saturated carbocycles. The average molecular weight is 286 g/mol. The van der Waals surface area contributed by atoms with E-state index >= 15 is 0 Å². The van der Waals surface area contributed by atoms with E-state index in [1.807, 2.05) is 27.7 Å². The first-order valence-corrected chi connectivity index (χ1v) is 7.43. The van der Waals surface area contributed by atoms with Crippen LogP contribution in [-0.2, 0) is 0 Å². The highest BCUT2D eigenvalue weighted by molar-refractivity contribution is 4.79. The quantitative estimate of drug-likeness (QED) is 0.403. The molecular formula is C14H30N4O2. The Morgan fingerprint density at radius 3 is 1.35 bits per heavy atom. The molecule has 118 valence electrons. The Balaban J connectivity index is 3.30. The van der Waals surface area contributed by atoms with Crippen molar-refractivity contribution in [3.63, 3.8) is 0 Å². The summed E-state index contributed by atoms with van der Waals surface area (Å²) in [6.07, 6.45) is 4.55. The normalized spacial score (nSPS) is 12.4. The van der Waals surface area contributed by atoms with Gasteiger partial charge in [-0.05, 0) is 53.6 Å². The second-order valence-corrected chi connectivity index (χ2v) is 6.58. The van der Waals surface area contributed by atoms with Gasteiger partial charge in [0.1, 0.15) is 11.1 Å². The van der Waals surface area contributed by atoms with E-state index in [2.05, 4.69) is 21.0 Å². The standard InChI is InChI=1S/C14H30N4O2/c1-13(2,17-19)11-15-9-7-5-6-8-10-16-12-14(3,4)18-20/h15-16H,5-12H2,1-4H3. The van der Waals surface area contributed by atoms with E-state index in [1.54, 1.807) is 0 Å². The highest BCUT2D eigenvalue weighted by Crippen LogP contribution is 2.07. The third kappa shape index (κ3) is 11.0. The van der Waals surface area contributed by atoms with Crippen LogP contribution in [0.5, 0.6) is 0 Å². The lowest BCUT2D eigenvalue weighted by Crippen LogP contribution is -2.33. The van der Waals surface area contributed by atoms with Gasteiger partial charge in [0.05, 0.1) is 0 Å². The predicted molar refractivity (Wildman–Crippen MR) is 84.0 cm³/mol. The Morgan fingerprint density at radius 1 is 0.700 bits per heavy atom. The lowest BCUT2D eigenvalue weighted by Gasteiger charge is -2.16. The topological polar surface area (TPSA) is 82.9 Å². The summed E-state index contributed by atoms with van der Waals surface area (Å²) in [6.45, 7) is 10.4. The van der Waals surface area contributed by atoms with Crippen molar-refractivity contribution >= 4 is 0 Å². The van der Waals surface area contributed by atoms with E-state index < -0.39 is 11.1 Å². The van der Waals surface area contributed by atoms with Crippen LogP contribution in [0, 0.1) is 9.81 Å². The average Bonchev–Trinajstić information content (AvgIpc) is 2.41. The summed E-state index contributed by atoms with van der Waals surface area (Å²) in [7, 11) is 0. The maximum atomic E-state index is 10.5. The molecule has 0 aliphatic rings. The number of hydrogen-bond acceptors (Lipinski definition) is 6. The Hall–Kier alpha value is -0.880. The minimum Gasteiger partial charge on any atom is -0.314 e. The molecular weight excluding hydrogens is 256 g/mol. The molecule has 0 amide bonds. The third-order valence-electron chi connectivity index (χ3n) is 3.07. The summed E-state index contributed by atoms with van der Waals surface area (Å²) >= 11 is 0. The van der Waals surface area contributed by atoms with Crippen LogP contribution in [-0.4, -0.2) is 37.3 Å². The maximum absolute atomic E-state index is 10.5. The lowest BCUT2D eigenvalue weighted by atomic mass is 10.1. The van der Waals surface area contributed by atoms with Crippen LogP contribution in [0.4, 0.5) is 0 Å². The largest absolute Gasteiger partial charge is 0.314 e. The minimum absolute atomic E-state index is 0.511. The Morgan fingerprint density at radius 2 is 1.05 bits per heavy atom. The van der Waals surface area contributed by atoms with Gasteiger partial charge < -0.3 is 10.6 Å². The summed E-state index contributed by atoms with van der Waals surface area (Å²) in [5.41, 5.74) is -1.02. The molecule has 0 radical (unpaired) electrons. The van der Waals surface area contributed by atoms with Crippen LogP contribution in [0.3, 0.4) is 0 Å². The summed E-state index contributed by atoms with van der Waals surface area (Å²) < 4.78 is 0. The molecule has 0 atom stereocenters. The van der Waals surface area contributed by atoms with E-state index in [4.69, 9.17) is 0 Å². The highest BCUT2D eigenvalue weighted by Gasteiger charge is 2.17. The number of nitrogens with one attached hydrogen (secondary N) is 2. The van der Waals surface area contributed by atoms with Gasteiger partial charge in [-0.25, -0.2) is 0 Å². The van der Waals surface area contributed by atoms with Gasteiger partial charge in [-0.1, -0.05) is 23.2 Å². The molecule has 20 heavy (non-hydrogen) atoms. The zero-order valence-corrected chi connectivity index (χ0v) is 13.4. The van der Waals surface area contributed by atoms with Gasteiger partial charge in [-0.3, -0.25) is 0 Å². The SMILES string of the molecule is CC(C)(CNCCCCCCNCC(C)(C)N=O)N=O. The molecule has 0 unspecified atom stereocenters. The smallest absolute Gasteiger partial charge is 0.109 e. The fourth-order valence-electron chi connectivity index (χ4n) is 1.71. The number of rotatable bonds is 13. The molecule has 6 nitrogen and oxygen atoms in total. The summed E-state index contributed by atoms with van der Waals surface area (Å²) in [6, 6.07) is 0. The molecule has 0 aliphatic heterocycles. The Bertz CT molecular complexity index is 252. The number of nitrogens with zero attached hydrogens (tertiary/aromatic N) is 2. The lowest BCUT2D eigenvalue weighted by molar-refractivity contribution is 0.448. The molecule has 6 heteroatoms. The van der Waals surface area contributed by atoms with Crippen LogP contribution >= 0.6 is 0 Å². The molecule has 0 aliphatic carbocycles. The van der Waals surface area contributed by atoms with Gasteiger partial charge >= 0.3 is 0 Å². The molecule has 0 aromatic carbocycles. The van der Waals surface area contributed by atoms with E-state index in [9.17, 15) is 9.81 Å². The Kier molecular flexibility index (Phi) is 9.50. The first-order chi connectivity index (χ1) is 9.33. The van der Waals surface area contributed by atoms with Crippen molar-refractivity contribution in [2.45, 2.75) is 64.5 Å². The minimum atomic E-state index is -0.511. The van der Waals surface area contributed by atoms with Gasteiger partial charge in [0.25, 0.3) is 0 Å². The molecule has 0 bridgehead atoms. The first-order valence-electron chi connectivity index (χ1n) is 7.43. The van der Waals surface area contributed by atoms with Crippen LogP contribution in [0.2, 0.25) is 0 Å². The second-order valence-electron chi connectivity index (χ2n) is 6.58. The van der Waals surface area contributed by atoms with E-state index in [0.717, 1.165) is 25.9 Å². The first kappa shape index (κ1) is 19.1. The molecule has 0 heterocycles. The van der Waals surface area contributed by atoms with Crippen molar-refractivity contribution in [3.8, 4) is 0 Å². The van der Waals surface area contributed by atoms with Gasteiger partial charge in [-0.2, -0.15) is 9.81 Å². The van der Waals surface area contributed by atoms with Crippen molar-refractivity contribution in [3.05, 3.63) is 9.81 Å². The third-order valence-corrected chi connectivity index (χ3v) is 3.07. The van der Waals surface area contributed by atoms with E-state index in [-0.39, 0.29) is 0 Å². The molecule has 0 fully saturated rings.